The quantitative estimate of drug-likeness (QED) is 0.336. The van der Waals surface area contributed by atoms with Crippen LogP contribution in [0.3, 0.4) is 0 Å². The number of nitrogens with zero attached hydrogens (tertiary/aromatic N) is 2. The molecule has 0 aliphatic heterocycles. The average Bonchev–Trinajstić information content (AvgIpc) is 2.23. The molecule has 0 bridgehead atoms. The Morgan fingerprint density at radius 3 is 2.93 bits per heavy atom. The monoisotopic (exact) mass is 207 g/mol. The van der Waals surface area contributed by atoms with Crippen molar-refractivity contribution in [3.8, 4) is 5.88 Å². The first-order valence-corrected chi connectivity index (χ1v) is 4.91. The number of nitrogens with two attached hydrogens (primary N) is 1. The summed E-state index contributed by atoms with van der Waals surface area (Å²) in [6.45, 7) is 0. The number of hydrogen-bond donors (Lipinski definition) is 2. The van der Waals surface area contributed by atoms with Crippen LogP contribution >= 0.6 is 0 Å². The highest BCUT2D eigenvalue weighted by molar-refractivity contribution is 5.95. The van der Waals surface area contributed by atoms with Crippen molar-refractivity contribution in [2.45, 2.75) is 25.4 Å². The van der Waals surface area contributed by atoms with E-state index in [4.69, 9.17) is 15.7 Å². The lowest BCUT2D eigenvalue weighted by Gasteiger charge is -2.25. The van der Waals surface area contributed by atoms with E-state index < -0.39 is 0 Å². The number of amidine groups is 1. The van der Waals surface area contributed by atoms with Crippen molar-refractivity contribution in [3.63, 3.8) is 0 Å². The molecule has 1 saturated carbocycles. The van der Waals surface area contributed by atoms with Crippen LogP contribution in [0.4, 0.5) is 0 Å². The summed E-state index contributed by atoms with van der Waals surface area (Å²) in [5.74, 6) is 0.526. The van der Waals surface area contributed by atoms with Gasteiger partial charge >= 0.3 is 0 Å². The highest BCUT2D eigenvalue weighted by Crippen LogP contribution is 2.23. The van der Waals surface area contributed by atoms with Gasteiger partial charge in [0.15, 0.2) is 5.84 Å². The average molecular weight is 207 g/mol. The van der Waals surface area contributed by atoms with E-state index in [9.17, 15) is 0 Å². The molecule has 15 heavy (non-hydrogen) atoms. The standard InChI is InChI=1S/C10H13N3O2/c11-10(13-14)8-5-2-6-9(12-8)15-7-3-1-4-7/h2,5-7,14H,1,3-4H2,(H2,11,13). The summed E-state index contributed by atoms with van der Waals surface area (Å²) in [4.78, 5) is 4.13. The lowest BCUT2D eigenvalue weighted by Crippen LogP contribution is -2.25. The van der Waals surface area contributed by atoms with Gasteiger partial charge in [0, 0.05) is 6.07 Å². The Morgan fingerprint density at radius 2 is 2.33 bits per heavy atom. The molecule has 1 aliphatic rings. The lowest BCUT2D eigenvalue weighted by molar-refractivity contribution is 0.114. The van der Waals surface area contributed by atoms with Gasteiger partial charge in [0.05, 0.1) is 0 Å². The second kappa shape index (κ2) is 4.16. The molecule has 0 spiro atoms. The Hall–Kier alpha value is -1.78. The fourth-order valence-electron chi connectivity index (χ4n) is 1.33. The third-order valence-electron chi connectivity index (χ3n) is 2.43. The zero-order chi connectivity index (χ0) is 10.7. The second-order valence-corrected chi connectivity index (χ2v) is 3.52. The van der Waals surface area contributed by atoms with Crippen LogP contribution in [0.2, 0.25) is 0 Å². The van der Waals surface area contributed by atoms with E-state index in [0.717, 1.165) is 12.8 Å². The Balaban J connectivity index is 2.11. The molecule has 3 N–H and O–H groups in total. The summed E-state index contributed by atoms with van der Waals surface area (Å²) in [7, 11) is 0. The molecule has 1 aromatic heterocycles. The molecule has 0 amide bonds. The van der Waals surface area contributed by atoms with Gasteiger partial charge in [-0.25, -0.2) is 4.98 Å². The van der Waals surface area contributed by atoms with Crippen LogP contribution in [0.15, 0.2) is 23.4 Å². The fourth-order valence-corrected chi connectivity index (χ4v) is 1.33. The number of pyridine rings is 1. The minimum Gasteiger partial charge on any atom is -0.474 e. The van der Waals surface area contributed by atoms with Crippen LogP contribution in [0.5, 0.6) is 5.88 Å². The summed E-state index contributed by atoms with van der Waals surface area (Å²) >= 11 is 0. The number of aromatic nitrogens is 1. The van der Waals surface area contributed by atoms with Gasteiger partial charge in [-0.05, 0) is 25.3 Å². The highest BCUT2D eigenvalue weighted by atomic mass is 16.5. The number of hydrogen-bond acceptors (Lipinski definition) is 4. The van der Waals surface area contributed by atoms with Gasteiger partial charge in [-0.3, -0.25) is 0 Å². The van der Waals surface area contributed by atoms with E-state index >= 15 is 0 Å². The number of oxime groups is 1. The minimum absolute atomic E-state index is 0.00550. The Bertz CT molecular complexity index is 375. The molecular formula is C10H13N3O2. The lowest BCUT2D eigenvalue weighted by atomic mass is 9.96. The maximum Gasteiger partial charge on any atom is 0.214 e. The van der Waals surface area contributed by atoms with E-state index in [1.165, 1.54) is 6.42 Å². The van der Waals surface area contributed by atoms with Crippen LogP contribution in [0.25, 0.3) is 0 Å². The minimum atomic E-state index is -0.00550. The van der Waals surface area contributed by atoms with Crippen LogP contribution in [0, 0.1) is 0 Å². The maximum atomic E-state index is 8.50. The van der Waals surface area contributed by atoms with E-state index in [1.807, 2.05) is 0 Å². The number of ether oxygens (including phenoxy) is 1. The Morgan fingerprint density at radius 1 is 1.53 bits per heavy atom. The van der Waals surface area contributed by atoms with Gasteiger partial charge in [0.2, 0.25) is 5.88 Å². The van der Waals surface area contributed by atoms with Crippen LogP contribution in [-0.2, 0) is 0 Å². The SMILES string of the molecule is NC(=NO)c1cccc(OC2CCC2)n1. The van der Waals surface area contributed by atoms with Crippen molar-refractivity contribution in [2.75, 3.05) is 0 Å². The van der Waals surface area contributed by atoms with Gasteiger partial charge in [0.25, 0.3) is 0 Å². The topological polar surface area (TPSA) is 80.7 Å². The molecule has 0 aromatic carbocycles. The first-order valence-electron chi connectivity index (χ1n) is 4.91. The highest BCUT2D eigenvalue weighted by Gasteiger charge is 2.19. The molecule has 0 unspecified atom stereocenters. The molecule has 2 rings (SSSR count). The summed E-state index contributed by atoms with van der Waals surface area (Å²) in [5, 5.41) is 11.4. The molecule has 5 heteroatoms. The van der Waals surface area contributed by atoms with Crippen LogP contribution < -0.4 is 10.5 Å². The van der Waals surface area contributed by atoms with E-state index in [-0.39, 0.29) is 11.9 Å². The van der Waals surface area contributed by atoms with Gasteiger partial charge in [-0.1, -0.05) is 11.2 Å². The van der Waals surface area contributed by atoms with E-state index in [2.05, 4.69) is 10.1 Å². The van der Waals surface area contributed by atoms with Crippen molar-refractivity contribution >= 4 is 5.84 Å². The van der Waals surface area contributed by atoms with Crippen molar-refractivity contribution in [1.82, 2.24) is 4.98 Å². The molecule has 0 saturated heterocycles. The van der Waals surface area contributed by atoms with Gasteiger partial charge < -0.3 is 15.7 Å². The Kier molecular flexibility index (Phi) is 2.71. The molecule has 1 aromatic rings. The smallest absolute Gasteiger partial charge is 0.214 e. The zero-order valence-corrected chi connectivity index (χ0v) is 8.26. The summed E-state index contributed by atoms with van der Waals surface area (Å²) in [6, 6.07) is 5.21. The number of rotatable bonds is 3. The predicted molar refractivity (Wildman–Crippen MR) is 55.0 cm³/mol. The molecule has 5 nitrogen and oxygen atoms in total. The third kappa shape index (κ3) is 2.18. The molecule has 1 fully saturated rings. The van der Waals surface area contributed by atoms with Gasteiger partial charge in [-0.2, -0.15) is 0 Å². The fraction of sp³-hybridized carbons (Fsp3) is 0.400. The first kappa shape index (κ1) is 9.76. The maximum absolute atomic E-state index is 8.50. The Labute approximate surface area is 87.6 Å². The van der Waals surface area contributed by atoms with E-state index in [1.54, 1.807) is 18.2 Å². The molecule has 0 atom stereocenters. The van der Waals surface area contributed by atoms with Crippen molar-refractivity contribution < 1.29 is 9.94 Å². The van der Waals surface area contributed by atoms with Crippen molar-refractivity contribution in [3.05, 3.63) is 23.9 Å². The first-order chi connectivity index (χ1) is 7.29. The zero-order valence-electron chi connectivity index (χ0n) is 8.26. The summed E-state index contributed by atoms with van der Waals surface area (Å²) in [5.41, 5.74) is 5.85. The van der Waals surface area contributed by atoms with Gasteiger partial charge in [-0.15, -0.1) is 0 Å². The molecule has 80 valence electrons. The molecule has 1 aliphatic carbocycles. The molecule has 1 heterocycles. The summed E-state index contributed by atoms with van der Waals surface area (Å²) < 4.78 is 5.58. The van der Waals surface area contributed by atoms with Crippen LogP contribution in [-0.4, -0.2) is 22.1 Å². The predicted octanol–water partition coefficient (Wildman–Crippen LogP) is 1.11. The molecule has 0 radical (unpaired) electrons. The van der Waals surface area contributed by atoms with Gasteiger partial charge in [0.1, 0.15) is 11.8 Å². The third-order valence-corrected chi connectivity index (χ3v) is 2.43. The second-order valence-electron chi connectivity index (χ2n) is 3.52. The largest absolute Gasteiger partial charge is 0.474 e. The van der Waals surface area contributed by atoms with E-state index in [0.29, 0.717) is 11.6 Å². The molecular weight excluding hydrogens is 194 g/mol. The van der Waals surface area contributed by atoms with Crippen molar-refractivity contribution in [1.29, 1.82) is 0 Å². The summed E-state index contributed by atoms with van der Waals surface area (Å²) in [6.07, 6.45) is 3.65. The normalized spacial score (nSPS) is 17.2. The van der Waals surface area contributed by atoms with Crippen molar-refractivity contribution in [2.24, 2.45) is 10.9 Å². The van der Waals surface area contributed by atoms with Crippen LogP contribution in [0.1, 0.15) is 25.0 Å².